The molecular formula is C12H15NO2. The van der Waals surface area contributed by atoms with Gasteiger partial charge >= 0.3 is 6.09 Å². The largest absolute Gasteiger partial charge is 0.453 e. The topological polar surface area (TPSA) is 29.5 Å². The van der Waals surface area contributed by atoms with E-state index >= 15 is 0 Å². The fraction of sp³-hybridized carbons (Fsp3) is 0.417. The molecule has 0 N–H and O–H groups in total. The minimum Gasteiger partial charge on any atom is -0.453 e. The molecule has 1 atom stereocenters. The van der Waals surface area contributed by atoms with Crippen molar-refractivity contribution in [1.82, 2.24) is 4.90 Å². The van der Waals surface area contributed by atoms with Crippen LogP contribution in [0.2, 0.25) is 0 Å². The summed E-state index contributed by atoms with van der Waals surface area (Å²) in [6.45, 7) is 0. The predicted molar refractivity (Wildman–Crippen MR) is 57.7 cm³/mol. The highest BCUT2D eigenvalue weighted by Crippen LogP contribution is 2.34. The summed E-state index contributed by atoms with van der Waals surface area (Å²) in [7, 11) is 3.21. The van der Waals surface area contributed by atoms with Crippen molar-refractivity contribution in [2.45, 2.75) is 18.9 Å². The van der Waals surface area contributed by atoms with Crippen LogP contribution >= 0.6 is 0 Å². The van der Waals surface area contributed by atoms with Gasteiger partial charge in [-0.3, -0.25) is 0 Å². The number of benzene rings is 1. The highest BCUT2D eigenvalue weighted by Gasteiger charge is 2.28. The maximum absolute atomic E-state index is 11.4. The van der Waals surface area contributed by atoms with Gasteiger partial charge in [0.15, 0.2) is 0 Å². The van der Waals surface area contributed by atoms with Crippen molar-refractivity contribution in [2.75, 3.05) is 14.2 Å². The van der Waals surface area contributed by atoms with Gasteiger partial charge in [0.05, 0.1) is 13.2 Å². The molecule has 3 heteroatoms. The molecule has 0 saturated carbocycles. The van der Waals surface area contributed by atoms with E-state index in [9.17, 15) is 4.79 Å². The summed E-state index contributed by atoms with van der Waals surface area (Å²) in [5.41, 5.74) is 2.60. The van der Waals surface area contributed by atoms with E-state index < -0.39 is 0 Å². The number of methoxy groups -OCH3 is 1. The lowest BCUT2D eigenvalue weighted by atomic mass is 10.1. The number of amides is 1. The summed E-state index contributed by atoms with van der Waals surface area (Å²) in [5, 5.41) is 0. The zero-order valence-corrected chi connectivity index (χ0v) is 9.06. The molecule has 0 radical (unpaired) electrons. The van der Waals surface area contributed by atoms with E-state index in [1.807, 2.05) is 12.1 Å². The number of hydrogen-bond acceptors (Lipinski definition) is 2. The fourth-order valence-corrected chi connectivity index (χ4v) is 2.21. The highest BCUT2D eigenvalue weighted by atomic mass is 16.5. The molecular weight excluding hydrogens is 190 g/mol. The molecule has 1 aromatic carbocycles. The van der Waals surface area contributed by atoms with Gasteiger partial charge in [-0.05, 0) is 24.0 Å². The SMILES string of the molecule is COC(=O)N(C)C1CCc2ccccc21. The van der Waals surface area contributed by atoms with Gasteiger partial charge in [0.2, 0.25) is 0 Å². The minimum atomic E-state index is -0.267. The normalized spacial score (nSPS) is 18.4. The van der Waals surface area contributed by atoms with Crippen molar-refractivity contribution in [1.29, 1.82) is 0 Å². The Morgan fingerprint density at radius 1 is 1.47 bits per heavy atom. The standard InChI is InChI=1S/C12H15NO2/c1-13(12(14)15-2)11-8-7-9-5-3-4-6-10(9)11/h3-6,11H,7-8H2,1-2H3. The Morgan fingerprint density at radius 3 is 2.93 bits per heavy atom. The third-order valence-corrected chi connectivity index (χ3v) is 3.03. The van der Waals surface area contributed by atoms with Crippen molar-refractivity contribution >= 4 is 6.09 Å². The molecule has 0 saturated heterocycles. The van der Waals surface area contributed by atoms with Crippen molar-refractivity contribution in [3.8, 4) is 0 Å². The van der Waals surface area contributed by atoms with E-state index in [1.54, 1.807) is 11.9 Å². The second kappa shape index (κ2) is 3.93. The number of hydrogen-bond donors (Lipinski definition) is 0. The molecule has 0 fully saturated rings. The zero-order valence-electron chi connectivity index (χ0n) is 9.06. The van der Waals surface area contributed by atoms with Crippen LogP contribution in [0.5, 0.6) is 0 Å². The molecule has 0 aliphatic heterocycles. The summed E-state index contributed by atoms with van der Waals surface area (Å²) in [6, 6.07) is 8.45. The van der Waals surface area contributed by atoms with E-state index in [4.69, 9.17) is 4.74 Å². The molecule has 0 heterocycles. The van der Waals surface area contributed by atoms with Crippen molar-refractivity contribution < 1.29 is 9.53 Å². The number of rotatable bonds is 1. The molecule has 1 aliphatic carbocycles. The van der Waals surface area contributed by atoms with Crippen LogP contribution in [0.4, 0.5) is 4.79 Å². The van der Waals surface area contributed by atoms with Gasteiger partial charge in [-0.25, -0.2) is 4.79 Å². The van der Waals surface area contributed by atoms with Crippen LogP contribution in [0, 0.1) is 0 Å². The van der Waals surface area contributed by atoms with Gasteiger partial charge in [-0.15, -0.1) is 0 Å². The Morgan fingerprint density at radius 2 is 2.20 bits per heavy atom. The zero-order chi connectivity index (χ0) is 10.8. The van der Waals surface area contributed by atoms with Crippen molar-refractivity contribution in [3.63, 3.8) is 0 Å². The number of aryl methyl sites for hydroxylation is 1. The maximum atomic E-state index is 11.4. The monoisotopic (exact) mass is 205 g/mol. The first kappa shape index (κ1) is 10.0. The maximum Gasteiger partial charge on any atom is 0.409 e. The van der Waals surface area contributed by atoms with Crippen LogP contribution in [0.1, 0.15) is 23.6 Å². The Kier molecular flexibility index (Phi) is 2.62. The van der Waals surface area contributed by atoms with Crippen LogP contribution in [-0.2, 0) is 11.2 Å². The van der Waals surface area contributed by atoms with Crippen molar-refractivity contribution in [2.24, 2.45) is 0 Å². The van der Waals surface area contributed by atoms with Crippen LogP contribution < -0.4 is 0 Å². The summed E-state index contributed by atoms with van der Waals surface area (Å²) < 4.78 is 4.73. The molecule has 1 unspecified atom stereocenters. The molecule has 0 bridgehead atoms. The molecule has 15 heavy (non-hydrogen) atoms. The van der Waals surface area contributed by atoms with Crippen LogP contribution in [0.15, 0.2) is 24.3 Å². The summed E-state index contributed by atoms with van der Waals surface area (Å²) in [6.07, 6.45) is 1.77. The van der Waals surface area contributed by atoms with Gasteiger partial charge in [-0.1, -0.05) is 24.3 Å². The second-order valence-electron chi connectivity index (χ2n) is 3.83. The van der Waals surface area contributed by atoms with Crippen LogP contribution in [0.3, 0.4) is 0 Å². The van der Waals surface area contributed by atoms with E-state index in [-0.39, 0.29) is 12.1 Å². The highest BCUT2D eigenvalue weighted by molar-refractivity contribution is 5.68. The first-order chi connectivity index (χ1) is 7.24. The lowest BCUT2D eigenvalue weighted by Gasteiger charge is -2.23. The first-order valence-corrected chi connectivity index (χ1v) is 5.12. The Hall–Kier alpha value is -1.51. The fourth-order valence-electron chi connectivity index (χ4n) is 2.21. The lowest BCUT2D eigenvalue weighted by Crippen LogP contribution is -2.29. The molecule has 1 aliphatic rings. The minimum absolute atomic E-state index is 0.175. The quantitative estimate of drug-likeness (QED) is 0.704. The summed E-state index contributed by atoms with van der Waals surface area (Å²) >= 11 is 0. The van der Waals surface area contributed by atoms with E-state index in [1.165, 1.54) is 18.2 Å². The van der Waals surface area contributed by atoms with E-state index in [0.29, 0.717) is 0 Å². The van der Waals surface area contributed by atoms with E-state index in [2.05, 4.69) is 12.1 Å². The number of carbonyl (C=O) groups excluding carboxylic acids is 1. The molecule has 3 nitrogen and oxygen atoms in total. The molecule has 0 spiro atoms. The average molecular weight is 205 g/mol. The number of ether oxygens (including phenoxy) is 1. The predicted octanol–water partition coefficient (Wildman–Crippen LogP) is 2.37. The van der Waals surface area contributed by atoms with Gasteiger partial charge in [-0.2, -0.15) is 0 Å². The molecule has 0 aromatic heterocycles. The van der Waals surface area contributed by atoms with Crippen LogP contribution in [0.25, 0.3) is 0 Å². The molecule has 1 amide bonds. The van der Waals surface area contributed by atoms with Gasteiger partial charge in [0.1, 0.15) is 0 Å². The van der Waals surface area contributed by atoms with Crippen molar-refractivity contribution in [3.05, 3.63) is 35.4 Å². The number of nitrogens with zero attached hydrogens (tertiary/aromatic N) is 1. The average Bonchev–Trinajstić information content (AvgIpc) is 2.70. The Labute approximate surface area is 89.7 Å². The number of fused-ring (bicyclic) bond motifs is 1. The van der Waals surface area contributed by atoms with E-state index in [0.717, 1.165) is 12.8 Å². The summed E-state index contributed by atoms with van der Waals surface area (Å²) in [5.74, 6) is 0. The molecule has 1 aromatic rings. The van der Waals surface area contributed by atoms with Gasteiger partial charge < -0.3 is 9.64 Å². The lowest BCUT2D eigenvalue weighted by molar-refractivity contribution is 0.117. The Balaban J connectivity index is 2.24. The smallest absolute Gasteiger partial charge is 0.409 e. The summed E-state index contributed by atoms with van der Waals surface area (Å²) in [4.78, 5) is 13.1. The third-order valence-electron chi connectivity index (χ3n) is 3.03. The van der Waals surface area contributed by atoms with Gasteiger partial charge in [0, 0.05) is 7.05 Å². The third kappa shape index (κ3) is 1.69. The molecule has 80 valence electrons. The molecule has 2 rings (SSSR count). The second-order valence-corrected chi connectivity index (χ2v) is 3.83. The Bertz CT molecular complexity index is 376. The van der Waals surface area contributed by atoms with Gasteiger partial charge in [0.25, 0.3) is 0 Å². The van der Waals surface area contributed by atoms with Crippen LogP contribution in [-0.4, -0.2) is 25.2 Å². The number of carbonyl (C=O) groups is 1. The first-order valence-electron chi connectivity index (χ1n) is 5.12.